The van der Waals surface area contributed by atoms with E-state index in [-0.39, 0.29) is 25.1 Å². The number of benzene rings is 2. The molecular weight excluding hydrogens is 436 g/mol. The molecule has 0 aliphatic carbocycles. The zero-order valence-corrected chi connectivity index (χ0v) is 20.2. The van der Waals surface area contributed by atoms with Crippen molar-refractivity contribution in [2.24, 2.45) is 0 Å². The Morgan fingerprint density at radius 3 is 2.53 bits per heavy atom. The summed E-state index contributed by atoms with van der Waals surface area (Å²) in [4.78, 5) is 4.62. The summed E-state index contributed by atoms with van der Waals surface area (Å²) in [5, 5.41) is 18.0. The van der Waals surface area contributed by atoms with Gasteiger partial charge in [0.15, 0.2) is 17.3 Å². The highest BCUT2D eigenvalue weighted by atomic mass is 16.7. The van der Waals surface area contributed by atoms with Crippen LogP contribution in [0.4, 0.5) is 5.69 Å². The Morgan fingerprint density at radius 1 is 1.09 bits per heavy atom. The third-order valence-electron chi connectivity index (χ3n) is 4.92. The van der Waals surface area contributed by atoms with Gasteiger partial charge in [0.2, 0.25) is 6.79 Å². The lowest BCUT2D eigenvalue weighted by atomic mass is 10.2. The lowest BCUT2D eigenvalue weighted by Gasteiger charge is -2.22. The van der Waals surface area contributed by atoms with Crippen molar-refractivity contribution >= 4 is 5.69 Å². The van der Waals surface area contributed by atoms with Gasteiger partial charge in [-0.15, -0.1) is 5.10 Å². The number of aromatic nitrogens is 3. The van der Waals surface area contributed by atoms with Crippen molar-refractivity contribution in [1.82, 2.24) is 14.8 Å². The molecule has 0 saturated carbocycles. The maximum Gasteiger partial charge on any atom is 0.336 e. The number of hydrogen-bond acceptors (Lipinski definition) is 8. The van der Waals surface area contributed by atoms with Crippen LogP contribution in [0.15, 0.2) is 42.5 Å². The molecule has 1 unspecified atom stereocenters. The predicted molar refractivity (Wildman–Crippen MR) is 129 cm³/mol. The van der Waals surface area contributed by atoms with E-state index in [4.69, 9.17) is 18.9 Å². The molecule has 2 heterocycles. The van der Waals surface area contributed by atoms with Crippen LogP contribution in [0.3, 0.4) is 0 Å². The number of anilines is 1. The van der Waals surface area contributed by atoms with Crippen molar-refractivity contribution in [3.8, 4) is 34.6 Å². The monoisotopic (exact) mass is 468 g/mol. The molecule has 1 aromatic heterocycles. The Bertz CT molecular complexity index is 1110. The minimum Gasteiger partial charge on any atom is -0.460 e. The van der Waals surface area contributed by atoms with Crippen molar-refractivity contribution in [3.63, 3.8) is 0 Å². The summed E-state index contributed by atoms with van der Waals surface area (Å²) in [5.74, 6) is 2.01. The van der Waals surface area contributed by atoms with Gasteiger partial charge in [-0.25, -0.2) is 4.68 Å². The van der Waals surface area contributed by atoms with Crippen molar-refractivity contribution in [1.29, 1.82) is 0 Å². The van der Waals surface area contributed by atoms with Gasteiger partial charge < -0.3 is 29.4 Å². The first-order chi connectivity index (χ1) is 16.2. The van der Waals surface area contributed by atoms with Gasteiger partial charge in [-0.05, 0) is 77.1 Å². The SMILES string of the molecule is CC(C)Oc1nc(-c2ccc3c(c2)OCO3)n(-c2ccc(NCC(O)COC(C)(C)C)cc2)n1. The number of nitrogens with one attached hydrogen (secondary N) is 1. The molecule has 0 amide bonds. The molecule has 2 N–H and O–H groups in total. The number of aliphatic hydroxyl groups is 1. The normalized spacial score (nSPS) is 13.9. The maximum absolute atomic E-state index is 10.2. The van der Waals surface area contributed by atoms with Gasteiger partial charge in [0, 0.05) is 17.8 Å². The third kappa shape index (κ3) is 5.98. The largest absolute Gasteiger partial charge is 0.460 e. The van der Waals surface area contributed by atoms with Gasteiger partial charge in [-0.3, -0.25) is 0 Å². The van der Waals surface area contributed by atoms with Crippen LogP contribution < -0.4 is 19.5 Å². The lowest BCUT2D eigenvalue weighted by molar-refractivity contribution is -0.0449. The van der Waals surface area contributed by atoms with Crippen molar-refractivity contribution in [2.75, 3.05) is 25.3 Å². The van der Waals surface area contributed by atoms with Gasteiger partial charge in [0.1, 0.15) is 0 Å². The summed E-state index contributed by atoms with van der Waals surface area (Å²) >= 11 is 0. The Morgan fingerprint density at radius 2 is 1.82 bits per heavy atom. The van der Waals surface area contributed by atoms with Gasteiger partial charge in [0.25, 0.3) is 0 Å². The van der Waals surface area contributed by atoms with Crippen LogP contribution in [0.25, 0.3) is 17.1 Å². The van der Waals surface area contributed by atoms with E-state index in [9.17, 15) is 5.11 Å². The summed E-state index contributed by atoms with van der Waals surface area (Å²) in [5.41, 5.74) is 2.25. The van der Waals surface area contributed by atoms with Crippen LogP contribution in [0.2, 0.25) is 0 Å². The molecule has 1 aliphatic rings. The summed E-state index contributed by atoms with van der Waals surface area (Å²) < 4.78 is 24.1. The summed E-state index contributed by atoms with van der Waals surface area (Å²) in [6, 6.07) is 13.7. The highest BCUT2D eigenvalue weighted by molar-refractivity contribution is 5.64. The summed E-state index contributed by atoms with van der Waals surface area (Å²) in [7, 11) is 0. The molecule has 0 spiro atoms. The second-order valence-electron chi connectivity index (χ2n) is 9.37. The smallest absolute Gasteiger partial charge is 0.336 e. The fourth-order valence-electron chi connectivity index (χ4n) is 3.32. The van der Waals surface area contributed by atoms with Crippen molar-refractivity contribution in [3.05, 3.63) is 42.5 Å². The number of rotatable bonds is 9. The molecule has 4 rings (SSSR count). The number of hydrogen-bond donors (Lipinski definition) is 2. The molecule has 0 saturated heterocycles. The lowest BCUT2D eigenvalue weighted by Crippen LogP contribution is -2.30. The Hall–Kier alpha value is -3.30. The Labute approximate surface area is 199 Å². The summed E-state index contributed by atoms with van der Waals surface area (Å²) in [6.45, 7) is 10.6. The molecule has 0 fully saturated rings. The van der Waals surface area contributed by atoms with E-state index < -0.39 is 6.10 Å². The molecule has 2 aromatic carbocycles. The Balaban J connectivity index is 1.52. The molecule has 0 bridgehead atoms. The molecule has 9 heteroatoms. The van der Waals surface area contributed by atoms with Crippen LogP contribution in [-0.4, -0.2) is 57.6 Å². The highest BCUT2D eigenvalue weighted by Gasteiger charge is 2.20. The average Bonchev–Trinajstić information content (AvgIpc) is 3.42. The zero-order valence-electron chi connectivity index (χ0n) is 20.2. The van der Waals surface area contributed by atoms with E-state index in [1.807, 2.05) is 77.1 Å². The molecule has 182 valence electrons. The van der Waals surface area contributed by atoms with Crippen molar-refractivity contribution < 1.29 is 24.1 Å². The van der Waals surface area contributed by atoms with Crippen LogP contribution >= 0.6 is 0 Å². The van der Waals surface area contributed by atoms with Gasteiger partial charge in [-0.1, -0.05) is 0 Å². The van der Waals surface area contributed by atoms with E-state index in [0.29, 0.717) is 29.9 Å². The molecule has 3 aromatic rings. The molecular formula is C25H32N4O5. The van der Waals surface area contributed by atoms with Gasteiger partial charge in [-0.2, -0.15) is 4.98 Å². The van der Waals surface area contributed by atoms with Crippen LogP contribution in [0, 0.1) is 0 Å². The van der Waals surface area contributed by atoms with Gasteiger partial charge in [0.05, 0.1) is 30.1 Å². The topological polar surface area (TPSA) is 99.9 Å². The van der Waals surface area contributed by atoms with E-state index in [0.717, 1.165) is 16.9 Å². The van der Waals surface area contributed by atoms with E-state index >= 15 is 0 Å². The first kappa shape index (κ1) is 23.8. The highest BCUT2D eigenvalue weighted by Crippen LogP contribution is 2.36. The zero-order chi connectivity index (χ0) is 24.3. The second-order valence-corrected chi connectivity index (χ2v) is 9.37. The van der Waals surface area contributed by atoms with Crippen LogP contribution in [0.5, 0.6) is 17.5 Å². The van der Waals surface area contributed by atoms with E-state index in [2.05, 4.69) is 15.4 Å². The quantitative estimate of drug-likeness (QED) is 0.485. The van der Waals surface area contributed by atoms with E-state index in [1.165, 1.54) is 0 Å². The first-order valence-electron chi connectivity index (χ1n) is 11.4. The van der Waals surface area contributed by atoms with Gasteiger partial charge >= 0.3 is 6.01 Å². The first-order valence-corrected chi connectivity index (χ1v) is 11.4. The number of fused-ring (bicyclic) bond motifs is 1. The van der Waals surface area contributed by atoms with Crippen LogP contribution in [0.1, 0.15) is 34.6 Å². The van der Waals surface area contributed by atoms with E-state index in [1.54, 1.807) is 4.68 Å². The van der Waals surface area contributed by atoms with Crippen molar-refractivity contribution in [2.45, 2.75) is 52.4 Å². The fourth-order valence-corrected chi connectivity index (χ4v) is 3.32. The Kier molecular flexibility index (Phi) is 6.95. The minimum atomic E-state index is -0.609. The third-order valence-corrected chi connectivity index (χ3v) is 4.92. The second kappa shape index (κ2) is 9.90. The minimum absolute atomic E-state index is 0.0549. The standard InChI is InChI=1S/C25H32N4O5/c1-16(2)34-24-27-23(17-6-11-21-22(12-17)32-15-31-21)29(28-24)19-9-7-18(8-10-19)26-13-20(30)14-33-25(3,4)5/h6-12,16,20,26,30H,13-15H2,1-5H3. The molecule has 34 heavy (non-hydrogen) atoms. The number of aliphatic hydroxyl groups excluding tert-OH is 1. The number of nitrogens with zero attached hydrogens (tertiary/aromatic N) is 3. The molecule has 0 radical (unpaired) electrons. The predicted octanol–water partition coefficient (Wildman–Crippen LogP) is 4.04. The average molecular weight is 469 g/mol. The molecule has 1 aliphatic heterocycles. The molecule has 1 atom stereocenters. The maximum atomic E-state index is 10.2. The fraction of sp³-hybridized carbons (Fsp3) is 0.440. The number of ether oxygens (including phenoxy) is 4. The summed E-state index contributed by atoms with van der Waals surface area (Å²) in [6.07, 6.45) is -0.664. The molecule has 9 nitrogen and oxygen atoms in total. The van der Waals surface area contributed by atoms with Crippen LogP contribution in [-0.2, 0) is 4.74 Å².